The highest BCUT2D eigenvalue weighted by molar-refractivity contribution is 7.99. The summed E-state index contributed by atoms with van der Waals surface area (Å²) in [4.78, 5) is 29.9. The molecule has 0 saturated carbocycles. The molecule has 2 N–H and O–H groups in total. The monoisotopic (exact) mass is 464 g/mol. The fourth-order valence-electron chi connectivity index (χ4n) is 2.46. The predicted molar refractivity (Wildman–Crippen MR) is 120 cm³/mol. The number of amides is 2. The number of aromatic nitrogens is 4. The lowest BCUT2D eigenvalue weighted by Gasteiger charge is -2.07. The number of thioether (sulfide) groups is 1. The summed E-state index contributed by atoms with van der Waals surface area (Å²) in [7, 11) is 1.76. The quantitative estimate of drug-likeness (QED) is 0.516. The standard InChI is InChI=1S/C19H21ClN6O2S2/c1-10-5-6-13(7-14(10)20)22-16(27)8-15-24-25-19(26(15)4)29-9-17(28)23-18-21-11(2)12(3)30-18/h5-7H,8-9H2,1-4H3,(H,22,27)(H,21,23,28). The second kappa shape index (κ2) is 9.59. The molecule has 0 unspecified atom stereocenters. The Labute approximate surface area is 187 Å². The third-order valence-corrected chi connectivity index (χ3v) is 6.72. The summed E-state index contributed by atoms with van der Waals surface area (Å²) in [5.74, 6) is 0.263. The van der Waals surface area contributed by atoms with Crippen LogP contribution >= 0.6 is 34.7 Å². The van der Waals surface area contributed by atoms with Gasteiger partial charge >= 0.3 is 0 Å². The van der Waals surface area contributed by atoms with E-state index in [4.69, 9.17) is 11.6 Å². The van der Waals surface area contributed by atoms with Crippen LogP contribution in [0.3, 0.4) is 0 Å². The summed E-state index contributed by atoms with van der Waals surface area (Å²) in [6.07, 6.45) is 0.0550. The van der Waals surface area contributed by atoms with E-state index >= 15 is 0 Å². The molecule has 0 saturated heterocycles. The lowest BCUT2D eigenvalue weighted by Crippen LogP contribution is -2.17. The highest BCUT2D eigenvalue weighted by atomic mass is 35.5. The molecule has 0 bridgehead atoms. The summed E-state index contributed by atoms with van der Waals surface area (Å²) in [5, 5.41) is 15.5. The average molecular weight is 465 g/mol. The number of carbonyl (C=O) groups excluding carboxylic acids is 2. The van der Waals surface area contributed by atoms with Gasteiger partial charge in [0.05, 0.1) is 17.9 Å². The Balaban J connectivity index is 1.54. The number of aryl methyl sites for hydroxylation is 3. The minimum atomic E-state index is -0.228. The van der Waals surface area contributed by atoms with E-state index in [9.17, 15) is 9.59 Å². The minimum absolute atomic E-state index is 0.0550. The van der Waals surface area contributed by atoms with E-state index < -0.39 is 0 Å². The molecule has 0 spiro atoms. The first-order valence-electron chi connectivity index (χ1n) is 9.04. The van der Waals surface area contributed by atoms with Gasteiger partial charge in [-0.15, -0.1) is 21.5 Å². The Kier molecular flexibility index (Phi) is 7.11. The number of benzene rings is 1. The molecule has 0 aliphatic heterocycles. The zero-order valence-corrected chi connectivity index (χ0v) is 19.3. The van der Waals surface area contributed by atoms with E-state index in [1.165, 1.54) is 23.1 Å². The summed E-state index contributed by atoms with van der Waals surface area (Å²) in [6, 6.07) is 5.34. The van der Waals surface area contributed by atoms with Crippen LogP contribution < -0.4 is 10.6 Å². The molecule has 2 heterocycles. The van der Waals surface area contributed by atoms with Crippen LogP contribution in [0, 0.1) is 20.8 Å². The molecule has 2 aromatic heterocycles. The summed E-state index contributed by atoms with van der Waals surface area (Å²) in [5.41, 5.74) is 2.47. The number of hydrogen-bond donors (Lipinski definition) is 2. The Morgan fingerprint density at radius 1 is 1.17 bits per heavy atom. The van der Waals surface area contributed by atoms with E-state index in [0.29, 0.717) is 26.8 Å². The molecule has 3 rings (SSSR count). The Bertz CT molecular complexity index is 1080. The molecule has 3 aromatic rings. The largest absolute Gasteiger partial charge is 0.326 e. The maximum absolute atomic E-state index is 12.3. The lowest BCUT2D eigenvalue weighted by atomic mass is 10.2. The fraction of sp³-hybridized carbons (Fsp3) is 0.316. The van der Waals surface area contributed by atoms with Crippen molar-refractivity contribution in [3.63, 3.8) is 0 Å². The lowest BCUT2D eigenvalue weighted by molar-refractivity contribution is -0.116. The number of carbonyl (C=O) groups is 2. The Morgan fingerprint density at radius 2 is 1.93 bits per heavy atom. The molecule has 0 aliphatic rings. The molecular formula is C19H21ClN6O2S2. The number of thiazole rings is 1. The van der Waals surface area contributed by atoms with Gasteiger partial charge in [0.15, 0.2) is 10.3 Å². The van der Waals surface area contributed by atoms with E-state index in [2.05, 4.69) is 25.8 Å². The molecule has 8 nitrogen and oxygen atoms in total. The van der Waals surface area contributed by atoms with Crippen molar-refractivity contribution in [3.05, 3.63) is 45.2 Å². The van der Waals surface area contributed by atoms with E-state index in [0.717, 1.165) is 16.1 Å². The van der Waals surface area contributed by atoms with Gasteiger partial charge < -0.3 is 15.2 Å². The third-order valence-electron chi connectivity index (χ3n) is 4.31. The van der Waals surface area contributed by atoms with E-state index in [1.54, 1.807) is 23.7 Å². The van der Waals surface area contributed by atoms with Crippen LogP contribution in [0.5, 0.6) is 0 Å². The van der Waals surface area contributed by atoms with Crippen LogP contribution in [-0.4, -0.2) is 37.3 Å². The van der Waals surface area contributed by atoms with Gasteiger partial charge in [0, 0.05) is 22.6 Å². The molecule has 0 fully saturated rings. The van der Waals surface area contributed by atoms with Gasteiger partial charge in [-0.3, -0.25) is 9.59 Å². The van der Waals surface area contributed by atoms with Crippen molar-refractivity contribution in [2.24, 2.45) is 7.05 Å². The van der Waals surface area contributed by atoms with Gasteiger partial charge in [0.2, 0.25) is 11.8 Å². The fourth-order valence-corrected chi connectivity index (χ4v) is 4.20. The van der Waals surface area contributed by atoms with Gasteiger partial charge in [-0.25, -0.2) is 4.98 Å². The van der Waals surface area contributed by atoms with Crippen LogP contribution in [0.2, 0.25) is 5.02 Å². The second-order valence-corrected chi connectivity index (χ2v) is 9.20. The Morgan fingerprint density at radius 3 is 2.60 bits per heavy atom. The van der Waals surface area contributed by atoms with Crippen molar-refractivity contribution in [1.82, 2.24) is 19.7 Å². The molecule has 0 aliphatic carbocycles. The van der Waals surface area contributed by atoms with Gasteiger partial charge in [-0.1, -0.05) is 29.4 Å². The van der Waals surface area contributed by atoms with Crippen molar-refractivity contribution in [2.45, 2.75) is 32.3 Å². The number of nitrogens with one attached hydrogen (secondary N) is 2. The molecule has 1 aromatic carbocycles. The molecule has 11 heteroatoms. The van der Waals surface area contributed by atoms with Crippen LogP contribution in [0.4, 0.5) is 10.8 Å². The third kappa shape index (κ3) is 5.59. The summed E-state index contributed by atoms with van der Waals surface area (Å²) in [6.45, 7) is 5.76. The summed E-state index contributed by atoms with van der Waals surface area (Å²) < 4.78 is 1.71. The van der Waals surface area contributed by atoms with Crippen molar-refractivity contribution in [2.75, 3.05) is 16.4 Å². The van der Waals surface area contributed by atoms with E-state index in [1.807, 2.05) is 26.8 Å². The number of halogens is 1. The topological polar surface area (TPSA) is 102 Å². The first kappa shape index (κ1) is 22.3. The SMILES string of the molecule is Cc1ccc(NC(=O)Cc2nnc(SCC(=O)Nc3nc(C)c(C)s3)n2C)cc1Cl. The van der Waals surface area contributed by atoms with Crippen LogP contribution in [0.25, 0.3) is 0 Å². The molecule has 0 radical (unpaired) electrons. The summed E-state index contributed by atoms with van der Waals surface area (Å²) >= 11 is 8.78. The maximum atomic E-state index is 12.3. The highest BCUT2D eigenvalue weighted by Gasteiger charge is 2.15. The van der Waals surface area contributed by atoms with Crippen molar-refractivity contribution < 1.29 is 9.59 Å². The molecule has 158 valence electrons. The first-order chi connectivity index (χ1) is 14.2. The predicted octanol–water partition coefficient (Wildman–Crippen LogP) is 3.76. The second-order valence-electron chi connectivity index (χ2n) is 6.64. The maximum Gasteiger partial charge on any atom is 0.236 e. The number of nitrogens with zero attached hydrogens (tertiary/aromatic N) is 4. The molecular weight excluding hydrogens is 444 g/mol. The minimum Gasteiger partial charge on any atom is -0.326 e. The highest BCUT2D eigenvalue weighted by Crippen LogP contribution is 2.23. The molecule has 30 heavy (non-hydrogen) atoms. The van der Waals surface area contributed by atoms with Crippen LogP contribution in [-0.2, 0) is 23.1 Å². The first-order valence-corrected chi connectivity index (χ1v) is 11.2. The van der Waals surface area contributed by atoms with Crippen molar-refractivity contribution in [3.8, 4) is 0 Å². The van der Waals surface area contributed by atoms with Crippen LogP contribution in [0.15, 0.2) is 23.4 Å². The zero-order chi connectivity index (χ0) is 21.8. The number of anilines is 2. The van der Waals surface area contributed by atoms with Gasteiger partial charge in [-0.2, -0.15) is 0 Å². The smallest absolute Gasteiger partial charge is 0.236 e. The Hall–Kier alpha value is -2.43. The zero-order valence-electron chi connectivity index (χ0n) is 16.9. The molecule has 2 amide bonds. The number of rotatable bonds is 7. The molecule has 0 atom stereocenters. The average Bonchev–Trinajstić information content (AvgIpc) is 3.18. The normalized spacial score (nSPS) is 10.8. The van der Waals surface area contributed by atoms with E-state index in [-0.39, 0.29) is 24.0 Å². The van der Waals surface area contributed by atoms with Gasteiger partial charge in [-0.05, 0) is 38.5 Å². The van der Waals surface area contributed by atoms with Gasteiger partial charge in [0.25, 0.3) is 0 Å². The number of hydrogen-bond acceptors (Lipinski definition) is 7. The van der Waals surface area contributed by atoms with Crippen LogP contribution in [0.1, 0.15) is 22.0 Å². The van der Waals surface area contributed by atoms with Crippen molar-refractivity contribution >= 4 is 57.3 Å². The van der Waals surface area contributed by atoms with Gasteiger partial charge in [0.1, 0.15) is 5.82 Å². The van der Waals surface area contributed by atoms with Crippen molar-refractivity contribution in [1.29, 1.82) is 0 Å².